The van der Waals surface area contributed by atoms with Crippen molar-refractivity contribution in [2.75, 3.05) is 13.1 Å². The maximum atomic E-state index is 12.0. The fourth-order valence-corrected chi connectivity index (χ4v) is 2.07. The van der Waals surface area contributed by atoms with Crippen LogP contribution >= 0.6 is 0 Å². The Morgan fingerprint density at radius 1 is 1.33 bits per heavy atom. The highest BCUT2D eigenvalue weighted by Crippen LogP contribution is 2.25. The minimum Gasteiger partial charge on any atom is -0.335 e. The molecule has 0 aromatic rings. The third kappa shape index (κ3) is 3.20. The van der Waals surface area contributed by atoms with E-state index < -0.39 is 0 Å². The van der Waals surface area contributed by atoms with Crippen molar-refractivity contribution >= 4 is 5.91 Å². The number of carbonyl (C=O) groups is 1. The molecule has 2 unspecified atom stereocenters. The molecule has 0 aliphatic heterocycles. The zero-order valence-corrected chi connectivity index (χ0v) is 9.19. The van der Waals surface area contributed by atoms with Gasteiger partial charge in [0.2, 0.25) is 5.91 Å². The van der Waals surface area contributed by atoms with Crippen LogP contribution in [0.3, 0.4) is 0 Å². The summed E-state index contributed by atoms with van der Waals surface area (Å²) in [7, 11) is 0. The van der Waals surface area contributed by atoms with E-state index in [-0.39, 0.29) is 17.9 Å². The first-order valence-corrected chi connectivity index (χ1v) is 5.45. The standard InChI is InChI=1S/C12H20N2O/c1-3-7-14(8-4-2)12(15)10-5-6-11(13)9-10/h3-4,10-11H,1-2,5-9,13H2. The van der Waals surface area contributed by atoms with Gasteiger partial charge >= 0.3 is 0 Å². The average Bonchev–Trinajstić information content (AvgIpc) is 2.63. The molecule has 0 aromatic heterocycles. The highest BCUT2D eigenvalue weighted by atomic mass is 16.2. The fourth-order valence-electron chi connectivity index (χ4n) is 2.07. The second-order valence-corrected chi connectivity index (χ2v) is 4.09. The fraction of sp³-hybridized carbons (Fsp3) is 0.583. The van der Waals surface area contributed by atoms with Crippen LogP contribution in [-0.2, 0) is 4.79 Å². The molecule has 0 heterocycles. The van der Waals surface area contributed by atoms with Gasteiger partial charge < -0.3 is 10.6 Å². The summed E-state index contributed by atoms with van der Waals surface area (Å²) >= 11 is 0. The van der Waals surface area contributed by atoms with Crippen molar-refractivity contribution < 1.29 is 4.79 Å². The zero-order chi connectivity index (χ0) is 11.3. The van der Waals surface area contributed by atoms with E-state index in [4.69, 9.17) is 5.73 Å². The van der Waals surface area contributed by atoms with Gasteiger partial charge in [-0.05, 0) is 19.3 Å². The van der Waals surface area contributed by atoms with Gasteiger partial charge in [-0.2, -0.15) is 0 Å². The molecule has 0 bridgehead atoms. The molecule has 0 spiro atoms. The number of amides is 1. The molecule has 1 fully saturated rings. The number of nitrogens with two attached hydrogens (primary N) is 1. The first kappa shape index (κ1) is 12.0. The lowest BCUT2D eigenvalue weighted by Gasteiger charge is -2.22. The van der Waals surface area contributed by atoms with Crippen LogP contribution in [0.5, 0.6) is 0 Å². The van der Waals surface area contributed by atoms with Crippen molar-refractivity contribution in [2.24, 2.45) is 11.7 Å². The first-order valence-electron chi connectivity index (χ1n) is 5.45. The summed E-state index contributed by atoms with van der Waals surface area (Å²) in [6.45, 7) is 8.50. The summed E-state index contributed by atoms with van der Waals surface area (Å²) in [4.78, 5) is 13.8. The Bertz CT molecular complexity index is 240. The van der Waals surface area contributed by atoms with Crippen molar-refractivity contribution in [1.29, 1.82) is 0 Å². The minimum absolute atomic E-state index is 0.111. The average molecular weight is 208 g/mol. The lowest BCUT2D eigenvalue weighted by Crippen LogP contribution is -2.36. The molecule has 1 aliphatic rings. The molecule has 0 saturated heterocycles. The highest BCUT2D eigenvalue weighted by molar-refractivity contribution is 5.79. The van der Waals surface area contributed by atoms with E-state index in [9.17, 15) is 4.79 Å². The Morgan fingerprint density at radius 3 is 2.33 bits per heavy atom. The Kier molecular flexibility index (Phi) is 4.56. The molecule has 1 rings (SSSR count). The van der Waals surface area contributed by atoms with E-state index in [1.54, 1.807) is 17.1 Å². The molecular formula is C12H20N2O. The van der Waals surface area contributed by atoms with Crippen molar-refractivity contribution in [3.8, 4) is 0 Å². The van der Waals surface area contributed by atoms with Crippen LogP contribution in [0, 0.1) is 5.92 Å². The van der Waals surface area contributed by atoms with Gasteiger partial charge in [0, 0.05) is 25.0 Å². The molecule has 3 heteroatoms. The lowest BCUT2D eigenvalue weighted by atomic mass is 10.1. The van der Waals surface area contributed by atoms with Gasteiger partial charge in [0.25, 0.3) is 0 Å². The van der Waals surface area contributed by atoms with E-state index in [1.165, 1.54) is 0 Å². The Labute approximate surface area is 91.6 Å². The van der Waals surface area contributed by atoms with Crippen molar-refractivity contribution in [1.82, 2.24) is 4.90 Å². The SMILES string of the molecule is C=CCN(CC=C)C(=O)C1CCC(N)C1. The van der Waals surface area contributed by atoms with Crippen LogP contribution in [0.2, 0.25) is 0 Å². The quantitative estimate of drug-likeness (QED) is 0.692. The van der Waals surface area contributed by atoms with Gasteiger partial charge in [-0.3, -0.25) is 4.79 Å². The summed E-state index contributed by atoms with van der Waals surface area (Å²) in [6.07, 6.45) is 6.20. The van der Waals surface area contributed by atoms with Crippen molar-refractivity contribution in [2.45, 2.75) is 25.3 Å². The minimum atomic E-state index is 0.111. The summed E-state index contributed by atoms with van der Waals surface area (Å²) in [6, 6.07) is 0.202. The molecule has 84 valence electrons. The number of hydrogen-bond acceptors (Lipinski definition) is 2. The van der Waals surface area contributed by atoms with E-state index in [0.29, 0.717) is 13.1 Å². The molecule has 2 atom stereocenters. The van der Waals surface area contributed by atoms with E-state index in [2.05, 4.69) is 13.2 Å². The summed E-state index contributed by atoms with van der Waals surface area (Å²) in [5.41, 5.74) is 5.80. The Morgan fingerprint density at radius 2 is 1.93 bits per heavy atom. The van der Waals surface area contributed by atoms with Crippen LogP contribution in [0.4, 0.5) is 0 Å². The van der Waals surface area contributed by atoms with Crippen LogP contribution in [0.1, 0.15) is 19.3 Å². The largest absolute Gasteiger partial charge is 0.335 e. The smallest absolute Gasteiger partial charge is 0.226 e. The first-order chi connectivity index (χ1) is 7.19. The number of nitrogens with zero attached hydrogens (tertiary/aromatic N) is 1. The Hall–Kier alpha value is -1.09. The van der Waals surface area contributed by atoms with Gasteiger partial charge in [-0.15, -0.1) is 13.2 Å². The second-order valence-electron chi connectivity index (χ2n) is 4.09. The molecule has 15 heavy (non-hydrogen) atoms. The third-order valence-electron chi connectivity index (χ3n) is 2.83. The predicted molar refractivity (Wildman–Crippen MR) is 62.3 cm³/mol. The molecule has 1 aliphatic carbocycles. The maximum Gasteiger partial charge on any atom is 0.226 e. The molecule has 1 saturated carbocycles. The molecule has 3 nitrogen and oxygen atoms in total. The number of rotatable bonds is 5. The summed E-state index contributed by atoms with van der Waals surface area (Å²) in [5, 5.41) is 0. The van der Waals surface area contributed by atoms with Crippen molar-refractivity contribution in [3.05, 3.63) is 25.3 Å². The van der Waals surface area contributed by atoms with Gasteiger partial charge in [0.05, 0.1) is 0 Å². The normalized spacial score (nSPS) is 24.9. The monoisotopic (exact) mass is 208 g/mol. The zero-order valence-electron chi connectivity index (χ0n) is 9.19. The lowest BCUT2D eigenvalue weighted by molar-refractivity contribution is -0.134. The molecular weight excluding hydrogens is 188 g/mol. The predicted octanol–water partition coefficient (Wildman–Crippen LogP) is 1.31. The molecule has 1 amide bonds. The van der Waals surface area contributed by atoms with Crippen molar-refractivity contribution in [3.63, 3.8) is 0 Å². The third-order valence-corrected chi connectivity index (χ3v) is 2.83. The van der Waals surface area contributed by atoms with Crippen LogP contribution < -0.4 is 5.73 Å². The van der Waals surface area contributed by atoms with Crippen LogP contribution in [0.15, 0.2) is 25.3 Å². The summed E-state index contributed by atoms with van der Waals surface area (Å²) < 4.78 is 0. The summed E-state index contributed by atoms with van der Waals surface area (Å²) in [5.74, 6) is 0.308. The van der Waals surface area contributed by atoms with Crippen LogP contribution in [0.25, 0.3) is 0 Å². The number of carbonyl (C=O) groups excluding carboxylic acids is 1. The van der Waals surface area contributed by atoms with Crippen LogP contribution in [-0.4, -0.2) is 29.9 Å². The van der Waals surface area contributed by atoms with E-state index in [0.717, 1.165) is 19.3 Å². The molecule has 0 aromatic carbocycles. The highest BCUT2D eigenvalue weighted by Gasteiger charge is 2.30. The molecule has 0 radical (unpaired) electrons. The van der Waals surface area contributed by atoms with E-state index >= 15 is 0 Å². The van der Waals surface area contributed by atoms with Gasteiger partial charge in [0.15, 0.2) is 0 Å². The topological polar surface area (TPSA) is 46.3 Å². The Balaban J connectivity index is 2.54. The second kappa shape index (κ2) is 5.71. The van der Waals surface area contributed by atoms with Gasteiger partial charge in [0.1, 0.15) is 0 Å². The molecule has 2 N–H and O–H groups in total. The van der Waals surface area contributed by atoms with E-state index in [1.807, 2.05) is 0 Å². The van der Waals surface area contributed by atoms with Gasteiger partial charge in [-0.1, -0.05) is 12.2 Å². The number of hydrogen-bond donors (Lipinski definition) is 1. The maximum absolute atomic E-state index is 12.0. The van der Waals surface area contributed by atoms with Gasteiger partial charge in [-0.25, -0.2) is 0 Å².